The topological polar surface area (TPSA) is 71.4 Å². The van der Waals surface area contributed by atoms with Gasteiger partial charge in [-0.2, -0.15) is 0 Å². The van der Waals surface area contributed by atoms with Gasteiger partial charge in [0, 0.05) is 12.0 Å². The van der Waals surface area contributed by atoms with Gasteiger partial charge in [0.2, 0.25) is 0 Å². The highest BCUT2D eigenvalue weighted by Gasteiger charge is 2.46. The van der Waals surface area contributed by atoms with Gasteiger partial charge in [0.05, 0.1) is 30.5 Å². The van der Waals surface area contributed by atoms with Gasteiger partial charge in [0.25, 0.3) is 0 Å². The monoisotopic (exact) mass is 436 g/mol. The number of hydrogen-bond donors (Lipinski definition) is 1. The van der Waals surface area contributed by atoms with Crippen LogP contribution in [0.4, 0.5) is 0 Å². The highest BCUT2D eigenvalue weighted by Crippen LogP contribution is 2.47. The highest BCUT2D eigenvalue weighted by atomic mass is 32.2. The number of esters is 1. The molecule has 2 atom stereocenters. The molecule has 6 nitrogen and oxygen atoms in total. The molecule has 4 rings (SSSR count). The number of hydrogen-bond acceptors (Lipinski definition) is 7. The number of thioether (sulfide) groups is 1. The van der Waals surface area contributed by atoms with E-state index in [2.05, 4.69) is 0 Å². The minimum atomic E-state index is -0.942. The second kappa shape index (κ2) is 9.51. The summed E-state index contributed by atoms with van der Waals surface area (Å²) in [6.45, 7) is 2.19. The first-order valence-corrected chi connectivity index (χ1v) is 10.9. The van der Waals surface area contributed by atoms with Gasteiger partial charge in [-0.1, -0.05) is 72.4 Å². The lowest BCUT2D eigenvalue weighted by atomic mass is 9.94. The van der Waals surface area contributed by atoms with Crippen molar-refractivity contribution < 1.29 is 19.4 Å². The quantitative estimate of drug-likeness (QED) is 0.691. The van der Waals surface area contributed by atoms with Gasteiger partial charge < -0.3 is 19.5 Å². The number of carbonyl (C=O) groups is 1. The molecule has 31 heavy (non-hydrogen) atoms. The van der Waals surface area contributed by atoms with E-state index in [1.54, 1.807) is 18.9 Å². The summed E-state index contributed by atoms with van der Waals surface area (Å²) in [4.78, 5) is 20.2. The first-order chi connectivity index (χ1) is 15.1. The number of aliphatic hydroxyl groups excluding tert-OH is 1. The molecular weight excluding hydrogens is 412 g/mol. The summed E-state index contributed by atoms with van der Waals surface area (Å²) in [6.07, 6.45) is 1.00. The molecule has 2 aliphatic heterocycles. The van der Waals surface area contributed by atoms with E-state index in [9.17, 15) is 9.90 Å². The van der Waals surface area contributed by atoms with Gasteiger partial charge in [-0.05, 0) is 24.1 Å². The lowest BCUT2D eigenvalue weighted by molar-refractivity contribution is -0.139. The van der Waals surface area contributed by atoms with Crippen molar-refractivity contribution in [3.63, 3.8) is 0 Å². The molecule has 2 aromatic rings. The Labute approximate surface area is 185 Å². The summed E-state index contributed by atoms with van der Waals surface area (Å²) >= 11 is 1.40. The van der Waals surface area contributed by atoms with Gasteiger partial charge in [-0.25, -0.2) is 9.79 Å². The SMILES string of the molecule is CCOC(=O)C1=C(COC)N=C2S/C(=C/c3ccccc3)C(O)N2C1c1ccccc1. The van der Waals surface area contributed by atoms with Gasteiger partial charge in [-0.15, -0.1) is 0 Å². The van der Waals surface area contributed by atoms with Crippen LogP contribution in [0.15, 0.2) is 81.8 Å². The van der Waals surface area contributed by atoms with E-state index >= 15 is 0 Å². The zero-order valence-electron chi connectivity index (χ0n) is 17.4. The van der Waals surface area contributed by atoms with Gasteiger partial charge in [0.1, 0.15) is 0 Å². The largest absolute Gasteiger partial charge is 0.463 e. The van der Waals surface area contributed by atoms with E-state index in [4.69, 9.17) is 14.5 Å². The van der Waals surface area contributed by atoms with Crippen LogP contribution < -0.4 is 0 Å². The molecule has 160 valence electrons. The third-order valence-electron chi connectivity index (χ3n) is 5.04. The van der Waals surface area contributed by atoms with Crippen LogP contribution in [0.1, 0.15) is 24.1 Å². The number of carbonyl (C=O) groups excluding carboxylic acids is 1. The predicted molar refractivity (Wildman–Crippen MR) is 122 cm³/mol. The van der Waals surface area contributed by atoms with Crippen molar-refractivity contribution in [3.8, 4) is 0 Å². The molecule has 2 heterocycles. The summed E-state index contributed by atoms with van der Waals surface area (Å²) in [6, 6.07) is 18.9. The summed E-state index contributed by atoms with van der Waals surface area (Å²) in [5.74, 6) is -0.455. The Bertz CT molecular complexity index is 1030. The zero-order chi connectivity index (χ0) is 21.8. The lowest BCUT2D eigenvalue weighted by Gasteiger charge is -2.36. The summed E-state index contributed by atoms with van der Waals surface area (Å²) < 4.78 is 10.7. The van der Waals surface area contributed by atoms with Crippen molar-refractivity contribution in [1.82, 2.24) is 4.90 Å². The smallest absolute Gasteiger partial charge is 0.338 e. The zero-order valence-corrected chi connectivity index (χ0v) is 18.2. The van der Waals surface area contributed by atoms with Crippen molar-refractivity contribution in [3.05, 3.63) is 88.0 Å². The second-order valence-electron chi connectivity index (χ2n) is 7.06. The Balaban J connectivity index is 1.83. The number of methoxy groups -OCH3 is 1. The van der Waals surface area contributed by atoms with Crippen LogP contribution in [0.5, 0.6) is 0 Å². The maximum absolute atomic E-state index is 13.0. The van der Waals surface area contributed by atoms with E-state index in [1.807, 2.05) is 66.7 Å². The Morgan fingerprint density at radius 1 is 1.16 bits per heavy atom. The first-order valence-electron chi connectivity index (χ1n) is 10.1. The molecule has 0 radical (unpaired) electrons. The Hall–Kier alpha value is -2.87. The minimum absolute atomic E-state index is 0.170. The Kier molecular flexibility index (Phi) is 6.56. The van der Waals surface area contributed by atoms with E-state index in [-0.39, 0.29) is 13.2 Å². The second-order valence-corrected chi connectivity index (χ2v) is 8.10. The number of nitrogens with zero attached hydrogens (tertiary/aromatic N) is 2. The van der Waals surface area contributed by atoms with Crippen LogP contribution in [-0.4, -0.2) is 47.7 Å². The van der Waals surface area contributed by atoms with E-state index in [0.29, 0.717) is 16.4 Å². The Morgan fingerprint density at radius 2 is 1.84 bits per heavy atom. The van der Waals surface area contributed by atoms with E-state index in [0.717, 1.165) is 16.0 Å². The maximum atomic E-state index is 13.0. The van der Waals surface area contributed by atoms with Gasteiger partial charge in [0.15, 0.2) is 11.4 Å². The molecule has 2 aliphatic rings. The average molecular weight is 437 g/mol. The number of aliphatic hydroxyl groups is 1. The van der Waals surface area contributed by atoms with Crippen LogP contribution in [0.25, 0.3) is 6.08 Å². The fourth-order valence-corrected chi connectivity index (χ4v) is 4.81. The van der Waals surface area contributed by atoms with Crippen molar-refractivity contribution >= 4 is 29.0 Å². The van der Waals surface area contributed by atoms with E-state index < -0.39 is 18.2 Å². The predicted octanol–water partition coefficient (Wildman–Crippen LogP) is 3.97. The lowest BCUT2D eigenvalue weighted by Crippen LogP contribution is -2.42. The highest BCUT2D eigenvalue weighted by molar-refractivity contribution is 8.17. The number of aliphatic imine (C=N–C) groups is 1. The molecule has 7 heteroatoms. The van der Waals surface area contributed by atoms with Crippen LogP contribution in [0.3, 0.4) is 0 Å². The molecule has 2 aromatic carbocycles. The molecule has 0 bridgehead atoms. The van der Waals surface area contributed by atoms with Crippen molar-refractivity contribution in [2.45, 2.75) is 19.2 Å². The maximum Gasteiger partial charge on any atom is 0.338 e. The number of rotatable bonds is 6. The van der Waals surface area contributed by atoms with Crippen molar-refractivity contribution in [1.29, 1.82) is 0 Å². The average Bonchev–Trinajstić information content (AvgIpc) is 3.09. The van der Waals surface area contributed by atoms with Gasteiger partial charge >= 0.3 is 5.97 Å². The normalized spacial score (nSPS) is 21.8. The van der Waals surface area contributed by atoms with Crippen LogP contribution in [0.2, 0.25) is 0 Å². The Morgan fingerprint density at radius 3 is 2.48 bits per heavy atom. The molecule has 0 saturated carbocycles. The van der Waals surface area contributed by atoms with Crippen molar-refractivity contribution in [2.75, 3.05) is 20.3 Å². The fourth-order valence-electron chi connectivity index (χ4n) is 3.72. The van der Waals surface area contributed by atoms with Crippen LogP contribution in [-0.2, 0) is 14.3 Å². The molecule has 0 aromatic heterocycles. The summed E-state index contributed by atoms with van der Waals surface area (Å²) in [5.41, 5.74) is 2.75. The fraction of sp³-hybridized carbons (Fsp3) is 0.250. The van der Waals surface area contributed by atoms with Crippen LogP contribution in [0, 0.1) is 0 Å². The number of ether oxygens (including phenoxy) is 2. The van der Waals surface area contributed by atoms with Crippen LogP contribution >= 0.6 is 11.8 Å². The number of amidine groups is 1. The summed E-state index contributed by atoms with van der Waals surface area (Å²) in [5, 5.41) is 11.9. The molecule has 1 saturated heterocycles. The molecule has 1 N–H and O–H groups in total. The third kappa shape index (κ3) is 4.30. The molecule has 1 fully saturated rings. The molecule has 0 amide bonds. The van der Waals surface area contributed by atoms with E-state index in [1.165, 1.54) is 11.8 Å². The molecular formula is C24H24N2O4S. The third-order valence-corrected chi connectivity index (χ3v) is 6.09. The first kappa shape index (κ1) is 21.4. The van der Waals surface area contributed by atoms with Crippen molar-refractivity contribution in [2.24, 2.45) is 4.99 Å². The number of benzene rings is 2. The standard InChI is InChI=1S/C24H24N2O4S/c1-3-30-23(28)20-18(15-29-2)25-24-26(21(20)17-12-8-5-9-13-17)22(27)19(31-24)14-16-10-6-4-7-11-16/h4-14,21-22,27H,3,15H2,1-2H3/b19-14+. The number of fused-ring (bicyclic) bond motifs is 1. The molecule has 2 unspecified atom stereocenters. The molecule has 0 spiro atoms. The minimum Gasteiger partial charge on any atom is -0.463 e. The van der Waals surface area contributed by atoms with Gasteiger partial charge in [-0.3, -0.25) is 0 Å². The summed E-state index contributed by atoms with van der Waals surface area (Å²) in [7, 11) is 1.57. The molecule has 0 aliphatic carbocycles.